The molecule has 1 aromatic carbocycles. The van der Waals surface area contributed by atoms with Crippen molar-refractivity contribution in [2.75, 3.05) is 7.11 Å². The molecule has 0 spiro atoms. The first kappa shape index (κ1) is 13.7. The van der Waals surface area contributed by atoms with E-state index in [1.54, 1.807) is 12.1 Å². The Bertz CT molecular complexity index is 451. The van der Waals surface area contributed by atoms with Crippen LogP contribution in [0.3, 0.4) is 0 Å². The first-order valence-electron chi connectivity index (χ1n) is 5.27. The van der Waals surface area contributed by atoms with Crippen LogP contribution in [0.25, 0.3) is 0 Å². The average molecular weight is 296 g/mol. The fourth-order valence-electron chi connectivity index (χ4n) is 1.59. The minimum atomic E-state index is -0.348. The van der Waals surface area contributed by atoms with E-state index in [1.807, 2.05) is 13.0 Å². The van der Waals surface area contributed by atoms with Gasteiger partial charge < -0.3 is 4.74 Å². The second-order valence-electron chi connectivity index (χ2n) is 3.90. The quantitative estimate of drug-likeness (QED) is 0.634. The van der Waals surface area contributed by atoms with E-state index < -0.39 is 0 Å². The third kappa shape index (κ3) is 3.86. The molecule has 0 saturated carbocycles. The summed E-state index contributed by atoms with van der Waals surface area (Å²) in [6.45, 7) is 1.86. The van der Waals surface area contributed by atoms with Crippen LogP contribution in [0.1, 0.15) is 28.4 Å². The molecule has 0 bridgehead atoms. The maximum Gasteiger partial charge on any atom is 0.337 e. The predicted octanol–water partition coefficient (Wildman–Crippen LogP) is 3.07. The van der Waals surface area contributed by atoms with Gasteiger partial charge in [0.05, 0.1) is 18.7 Å². The summed E-state index contributed by atoms with van der Waals surface area (Å²) >= 11 is 3.36. The highest BCUT2D eigenvalue weighted by molar-refractivity contribution is 9.08. The summed E-state index contributed by atoms with van der Waals surface area (Å²) in [5, 5.41) is 9.47. The summed E-state index contributed by atoms with van der Waals surface area (Å²) in [4.78, 5) is 11.5. The van der Waals surface area contributed by atoms with Gasteiger partial charge in [0.2, 0.25) is 0 Å². The molecular weight excluding hydrogens is 282 g/mol. The molecule has 0 radical (unpaired) electrons. The van der Waals surface area contributed by atoms with Crippen LogP contribution in [0, 0.1) is 17.2 Å². The molecule has 4 heteroatoms. The van der Waals surface area contributed by atoms with Gasteiger partial charge in [-0.3, -0.25) is 0 Å². The van der Waals surface area contributed by atoms with Crippen LogP contribution >= 0.6 is 15.9 Å². The van der Waals surface area contributed by atoms with Crippen LogP contribution in [0.15, 0.2) is 18.2 Å². The molecule has 0 aromatic heterocycles. The summed E-state index contributed by atoms with van der Waals surface area (Å²) < 4.78 is 4.70. The van der Waals surface area contributed by atoms with Crippen molar-refractivity contribution in [3.05, 3.63) is 34.9 Å². The molecule has 17 heavy (non-hydrogen) atoms. The minimum Gasteiger partial charge on any atom is -0.465 e. The number of esters is 1. The van der Waals surface area contributed by atoms with E-state index in [0.29, 0.717) is 17.3 Å². The summed E-state index contributed by atoms with van der Waals surface area (Å²) in [7, 11) is 1.36. The van der Waals surface area contributed by atoms with E-state index in [1.165, 1.54) is 7.11 Å². The molecule has 0 saturated heterocycles. The van der Waals surface area contributed by atoms with Gasteiger partial charge in [0.15, 0.2) is 0 Å². The average Bonchev–Trinajstić information content (AvgIpc) is 2.36. The Kier molecular flexibility index (Phi) is 5.17. The third-order valence-corrected chi connectivity index (χ3v) is 3.04. The standard InChI is InChI=1S/C13H14BrNO2/c1-9(8-15)3-10-4-11(7-14)6-12(5-10)13(16)17-2/h4-6,9H,3,7H2,1-2H3. The number of nitriles is 1. The molecule has 1 unspecified atom stereocenters. The first-order valence-corrected chi connectivity index (χ1v) is 6.39. The van der Waals surface area contributed by atoms with Crippen molar-refractivity contribution < 1.29 is 9.53 Å². The Morgan fingerprint density at radius 2 is 2.12 bits per heavy atom. The molecule has 0 aliphatic heterocycles. The molecule has 90 valence electrons. The fraction of sp³-hybridized carbons (Fsp3) is 0.385. The van der Waals surface area contributed by atoms with Crippen molar-refractivity contribution in [2.24, 2.45) is 5.92 Å². The molecule has 0 fully saturated rings. The van der Waals surface area contributed by atoms with Crippen molar-refractivity contribution in [3.63, 3.8) is 0 Å². The number of carbonyl (C=O) groups excluding carboxylic acids is 1. The Morgan fingerprint density at radius 3 is 2.65 bits per heavy atom. The number of ether oxygens (including phenoxy) is 1. The largest absolute Gasteiger partial charge is 0.465 e. The smallest absolute Gasteiger partial charge is 0.337 e. The summed E-state index contributed by atoms with van der Waals surface area (Å²) in [6.07, 6.45) is 0.640. The Hall–Kier alpha value is -1.34. The first-order chi connectivity index (χ1) is 8.10. The van der Waals surface area contributed by atoms with Gasteiger partial charge >= 0.3 is 5.97 Å². The van der Waals surface area contributed by atoms with Gasteiger partial charge in [-0.15, -0.1) is 0 Å². The monoisotopic (exact) mass is 295 g/mol. The number of hydrogen-bond donors (Lipinski definition) is 0. The van der Waals surface area contributed by atoms with E-state index in [0.717, 1.165) is 11.1 Å². The zero-order chi connectivity index (χ0) is 12.8. The number of nitrogens with zero attached hydrogens (tertiary/aromatic N) is 1. The van der Waals surface area contributed by atoms with Gasteiger partial charge in [-0.25, -0.2) is 4.79 Å². The molecule has 1 aromatic rings. The van der Waals surface area contributed by atoms with E-state index in [4.69, 9.17) is 10.00 Å². The van der Waals surface area contributed by atoms with Gasteiger partial charge in [-0.2, -0.15) is 5.26 Å². The summed E-state index contributed by atoms with van der Waals surface area (Å²) in [5.74, 6) is -0.412. The maximum atomic E-state index is 11.5. The molecule has 3 nitrogen and oxygen atoms in total. The zero-order valence-corrected chi connectivity index (χ0v) is 11.5. The van der Waals surface area contributed by atoms with Crippen LogP contribution in [-0.2, 0) is 16.5 Å². The molecule has 0 heterocycles. The van der Waals surface area contributed by atoms with Crippen LogP contribution in [0.2, 0.25) is 0 Å². The molecule has 0 N–H and O–H groups in total. The number of carbonyl (C=O) groups is 1. The van der Waals surface area contributed by atoms with E-state index in [9.17, 15) is 4.79 Å². The number of hydrogen-bond acceptors (Lipinski definition) is 3. The van der Waals surface area contributed by atoms with E-state index in [-0.39, 0.29) is 11.9 Å². The third-order valence-electron chi connectivity index (χ3n) is 2.39. The van der Waals surface area contributed by atoms with Crippen molar-refractivity contribution in [2.45, 2.75) is 18.7 Å². The summed E-state index contributed by atoms with van der Waals surface area (Å²) in [5.41, 5.74) is 2.52. The van der Waals surface area contributed by atoms with Crippen molar-refractivity contribution >= 4 is 21.9 Å². The fourth-order valence-corrected chi connectivity index (χ4v) is 1.92. The Morgan fingerprint density at radius 1 is 1.47 bits per heavy atom. The number of methoxy groups -OCH3 is 1. The molecule has 1 rings (SSSR count). The van der Waals surface area contributed by atoms with E-state index >= 15 is 0 Å². The van der Waals surface area contributed by atoms with Gasteiger partial charge in [0, 0.05) is 11.2 Å². The second kappa shape index (κ2) is 6.41. The minimum absolute atomic E-state index is 0.0638. The number of benzene rings is 1. The van der Waals surface area contributed by atoms with E-state index in [2.05, 4.69) is 22.0 Å². The highest BCUT2D eigenvalue weighted by atomic mass is 79.9. The van der Waals surface area contributed by atoms with Crippen LogP contribution in [0.4, 0.5) is 0 Å². The van der Waals surface area contributed by atoms with Crippen molar-refractivity contribution in [1.82, 2.24) is 0 Å². The van der Waals surface area contributed by atoms with Crippen LogP contribution in [0.5, 0.6) is 0 Å². The zero-order valence-electron chi connectivity index (χ0n) is 9.87. The Labute approximate surface area is 110 Å². The molecule has 0 amide bonds. The Balaban J connectivity index is 3.06. The lowest BCUT2D eigenvalue weighted by molar-refractivity contribution is 0.0600. The van der Waals surface area contributed by atoms with Gasteiger partial charge in [0.1, 0.15) is 0 Å². The number of rotatable bonds is 4. The van der Waals surface area contributed by atoms with Crippen LogP contribution < -0.4 is 0 Å². The molecule has 1 atom stereocenters. The lowest BCUT2D eigenvalue weighted by Crippen LogP contribution is -2.05. The normalized spacial score (nSPS) is 11.6. The van der Waals surface area contributed by atoms with Crippen LogP contribution in [-0.4, -0.2) is 13.1 Å². The summed E-state index contributed by atoms with van der Waals surface area (Å²) in [6, 6.07) is 7.76. The highest BCUT2D eigenvalue weighted by Crippen LogP contribution is 2.17. The number of alkyl halides is 1. The molecule has 0 aliphatic carbocycles. The van der Waals surface area contributed by atoms with Crippen molar-refractivity contribution in [1.29, 1.82) is 5.26 Å². The SMILES string of the molecule is COC(=O)c1cc(CBr)cc(CC(C)C#N)c1. The predicted molar refractivity (Wildman–Crippen MR) is 68.9 cm³/mol. The highest BCUT2D eigenvalue weighted by Gasteiger charge is 2.10. The lowest BCUT2D eigenvalue weighted by Gasteiger charge is -2.08. The van der Waals surface area contributed by atoms with Gasteiger partial charge in [-0.1, -0.05) is 22.0 Å². The lowest BCUT2D eigenvalue weighted by atomic mass is 9.98. The van der Waals surface area contributed by atoms with Gasteiger partial charge in [-0.05, 0) is 36.6 Å². The molecule has 0 aliphatic rings. The topological polar surface area (TPSA) is 50.1 Å². The second-order valence-corrected chi connectivity index (χ2v) is 4.46. The molecular formula is C13H14BrNO2. The van der Waals surface area contributed by atoms with Crippen molar-refractivity contribution in [3.8, 4) is 6.07 Å². The maximum absolute atomic E-state index is 11.5. The van der Waals surface area contributed by atoms with Gasteiger partial charge in [0.25, 0.3) is 0 Å². The number of halogens is 1.